The van der Waals surface area contributed by atoms with E-state index in [1.165, 1.54) is 16.7 Å². The average molecular weight is 665 g/mol. The molecule has 1 aliphatic heterocycles. The van der Waals surface area contributed by atoms with Crippen molar-refractivity contribution in [3.05, 3.63) is 0 Å². The van der Waals surface area contributed by atoms with E-state index in [0.717, 1.165) is 32.1 Å². The molecule has 1 heterocycles. The van der Waals surface area contributed by atoms with Gasteiger partial charge < -0.3 is 31.5 Å². The number of nitrogens with zero attached hydrogens (tertiary/aromatic N) is 2. The second-order valence-corrected chi connectivity index (χ2v) is 17.0. The number of rotatable bonds is 14. The zero-order valence-electron chi connectivity index (χ0n) is 29.1. The van der Waals surface area contributed by atoms with Crippen molar-refractivity contribution in [2.45, 2.75) is 123 Å². The van der Waals surface area contributed by atoms with Gasteiger partial charge in [0.2, 0.25) is 17.7 Å². The molecule has 5 atom stereocenters. The van der Waals surface area contributed by atoms with Crippen molar-refractivity contribution in [1.29, 1.82) is 0 Å². The van der Waals surface area contributed by atoms with Crippen LogP contribution in [0.15, 0.2) is 0 Å². The molecule has 3 rings (SSSR count). The molecule has 46 heavy (non-hydrogen) atoms. The molecule has 3 aliphatic rings. The first-order valence-electron chi connectivity index (χ1n) is 16.6. The van der Waals surface area contributed by atoms with Gasteiger partial charge in [0.05, 0.1) is 0 Å². The van der Waals surface area contributed by atoms with Gasteiger partial charge in [0.1, 0.15) is 23.5 Å². The number of ketones is 1. The monoisotopic (exact) mass is 664 g/mol. The number of thioether (sulfide) groups is 1. The van der Waals surface area contributed by atoms with Crippen LogP contribution in [-0.4, -0.2) is 94.1 Å². The molecule has 3 fully saturated rings. The number of Topliss-reactive ketones (excluding diaryl/α,β-unsaturated/α-hetero) is 1. The van der Waals surface area contributed by atoms with Crippen LogP contribution >= 0.6 is 11.8 Å². The molecule has 0 aromatic carbocycles. The third kappa shape index (κ3) is 9.84. The van der Waals surface area contributed by atoms with E-state index in [-0.39, 0.29) is 30.3 Å². The van der Waals surface area contributed by atoms with Crippen LogP contribution in [-0.2, 0) is 24.0 Å². The number of carbonyl (C=O) groups excluding carboxylic acids is 6. The topological polar surface area (TPSA) is 171 Å². The summed E-state index contributed by atoms with van der Waals surface area (Å²) in [5, 5.41) is 7.27. The Morgan fingerprint density at radius 2 is 1.43 bits per heavy atom. The molecule has 5 N–H and O–H groups in total. The Hall–Kier alpha value is -2.83. The third-order valence-electron chi connectivity index (χ3n) is 9.33. The number of nitrogens with one attached hydrogen (secondary N) is 3. The fourth-order valence-electron chi connectivity index (χ4n) is 6.00. The molecule has 1 unspecified atom stereocenters. The van der Waals surface area contributed by atoms with Crippen molar-refractivity contribution >= 4 is 47.2 Å². The van der Waals surface area contributed by atoms with Gasteiger partial charge in [-0.15, -0.1) is 11.8 Å². The molecule has 2 aliphatic carbocycles. The molecule has 0 radical (unpaired) electrons. The van der Waals surface area contributed by atoms with Gasteiger partial charge in [0.25, 0.3) is 11.7 Å². The van der Waals surface area contributed by atoms with Crippen LogP contribution in [0.3, 0.4) is 0 Å². The highest BCUT2D eigenvalue weighted by molar-refractivity contribution is 8.00. The first kappa shape index (κ1) is 37.6. The lowest BCUT2D eigenvalue weighted by atomic mass is 9.84. The summed E-state index contributed by atoms with van der Waals surface area (Å²) in [7, 11) is 1.75. The van der Waals surface area contributed by atoms with E-state index in [0.29, 0.717) is 18.1 Å². The fraction of sp³-hybridized carbons (Fsp3) is 0.818. The molecular formula is C33H56N6O6S. The molecule has 13 heteroatoms. The van der Waals surface area contributed by atoms with Crippen LogP contribution in [0.1, 0.15) is 93.9 Å². The Labute approximate surface area is 278 Å². The Kier molecular flexibility index (Phi) is 12.2. The van der Waals surface area contributed by atoms with E-state index in [1.54, 1.807) is 11.9 Å². The highest BCUT2D eigenvalue weighted by Crippen LogP contribution is 2.35. The molecule has 0 spiro atoms. The lowest BCUT2D eigenvalue weighted by Crippen LogP contribution is -2.63. The lowest BCUT2D eigenvalue weighted by molar-refractivity contribution is -0.143. The standard InChI is InChI=1S/C33H56N6O6S/c1-18(2)21-14-16-39(22(21)27(42)37-28(23(40)26(34)41)46-17-15-19-10-11-19)30(44)25(33(6,7)8)36-31(45)35-24(32(3,4)5)29(43)38(9)20-12-13-20/h18-22,24-25,28H,10-17H2,1-9H3,(H2,34,41)(H,37,42)(H2,35,36,45)/t21-,22+,24-,25-,28?/m1/s1. The van der Waals surface area contributed by atoms with Gasteiger partial charge in [0.15, 0.2) is 0 Å². The first-order valence-corrected chi connectivity index (χ1v) is 17.7. The number of likely N-dealkylation sites (tertiary alicyclic amines) is 1. The van der Waals surface area contributed by atoms with Crippen molar-refractivity contribution < 1.29 is 28.8 Å². The minimum absolute atomic E-state index is 0.0349. The summed E-state index contributed by atoms with van der Waals surface area (Å²) in [6.07, 6.45) is 5.59. The van der Waals surface area contributed by atoms with Crippen molar-refractivity contribution in [3.63, 3.8) is 0 Å². The Morgan fingerprint density at radius 1 is 0.870 bits per heavy atom. The Balaban J connectivity index is 1.81. The van der Waals surface area contributed by atoms with Gasteiger partial charge in [-0.2, -0.15) is 0 Å². The van der Waals surface area contributed by atoms with Crippen LogP contribution in [0, 0.1) is 28.6 Å². The number of hydrogen-bond acceptors (Lipinski definition) is 7. The summed E-state index contributed by atoms with van der Waals surface area (Å²) in [5.41, 5.74) is 3.99. The molecule has 260 valence electrons. The maximum atomic E-state index is 14.3. The minimum atomic E-state index is -1.14. The van der Waals surface area contributed by atoms with Gasteiger partial charge in [-0.25, -0.2) is 4.79 Å². The Morgan fingerprint density at radius 3 is 1.91 bits per heavy atom. The second kappa shape index (κ2) is 14.9. The molecular weight excluding hydrogens is 608 g/mol. The molecule has 1 saturated heterocycles. The van der Waals surface area contributed by atoms with E-state index >= 15 is 0 Å². The Bertz CT molecular complexity index is 1170. The van der Waals surface area contributed by atoms with E-state index in [1.807, 2.05) is 55.4 Å². The highest BCUT2D eigenvalue weighted by atomic mass is 32.2. The SMILES string of the molecule is CC(C)[C@H]1CCN(C(=O)[C@@H](NC(=O)N[C@H](C(=O)N(C)C2CC2)C(C)(C)C)C(C)(C)C)[C@@H]1C(=O)NC(SCCC1CC1)C(=O)C(N)=O. The highest BCUT2D eigenvalue weighted by Gasteiger charge is 2.48. The average Bonchev–Trinajstić information content (AvgIpc) is 3.89. The van der Waals surface area contributed by atoms with E-state index in [9.17, 15) is 28.8 Å². The molecule has 0 aromatic rings. The molecule has 2 saturated carbocycles. The van der Waals surface area contributed by atoms with Crippen LogP contribution in [0.2, 0.25) is 0 Å². The lowest BCUT2D eigenvalue weighted by Gasteiger charge is -2.38. The van der Waals surface area contributed by atoms with E-state index in [2.05, 4.69) is 16.0 Å². The summed E-state index contributed by atoms with van der Waals surface area (Å²) in [6.45, 7) is 15.4. The number of nitrogens with two attached hydrogens (primary N) is 1. The van der Waals surface area contributed by atoms with Gasteiger partial charge in [-0.3, -0.25) is 24.0 Å². The van der Waals surface area contributed by atoms with Gasteiger partial charge >= 0.3 is 6.03 Å². The maximum absolute atomic E-state index is 14.3. The summed E-state index contributed by atoms with van der Waals surface area (Å²) < 4.78 is 0. The smallest absolute Gasteiger partial charge is 0.316 e. The molecule has 6 amide bonds. The number of urea groups is 1. The van der Waals surface area contributed by atoms with Crippen molar-refractivity contribution in [1.82, 2.24) is 25.8 Å². The zero-order valence-corrected chi connectivity index (χ0v) is 29.9. The summed E-state index contributed by atoms with van der Waals surface area (Å²) in [6, 6.07) is -3.23. The summed E-state index contributed by atoms with van der Waals surface area (Å²) >= 11 is 1.19. The van der Waals surface area contributed by atoms with Gasteiger partial charge in [0, 0.05) is 19.6 Å². The second-order valence-electron chi connectivity index (χ2n) is 15.8. The number of amides is 6. The van der Waals surface area contributed by atoms with Gasteiger partial charge in [-0.05, 0) is 60.0 Å². The van der Waals surface area contributed by atoms with E-state index in [4.69, 9.17) is 5.73 Å². The predicted octanol–water partition coefficient (Wildman–Crippen LogP) is 2.64. The maximum Gasteiger partial charge on any atom is 0.316 e. The van der Waals surface area contributed by atoms with Gasteiger partial charge in [-0.1, -0.05) is 68.2 Å². The molecule has 12 nitrogen and oxygen atoms in total. The van der Waals surface area contributed by atoms with Crippen LogP contribution in [0.5, 0.6) is 0 Å². The number of carbonyl (C=O) groups is 6. The quantitative estimate of drug-likeness (QED) is 0.163. The van der Waals surface area contributed by atoms with Crippen molar-refractivity contribution in [2.24, 2.45) is 34.3 Å². The third-order valence-corrected chi connectivity index (χ3v) is 10.5. The summed E-state index contributed by atoms with van der Waals surface area (Å²) in [5.74, 6) is -2.12. The number of primary amides is 1. The van der Waals surface area contributed by atoms with Crippen LogP contribution in [0.4, 0.5) is 4.79 Å². The molecule has 0 bridgehead atoms. The predicted molar refractivity (Wildman–Crippen MR) is 178 cm³/mol. The van der Waals surface area contributed by atoms with Crippen molar-refractivity contribution in [3.8, 4) is 0 Å². The minimum Gasteiger partial charge on any atom is -0.363 e. The normalized spacial score (nSPS) is 22.1. The molecule has 0 aromatic heterocycles. The fourth-order valence-corrected chi connectivity index (χ4v) is 7.17. The number of likely N-dealkylation sites (N-methyl/N-ethyl adjacent to an activating group) is 1. The van der Waals surface area contributed by atoms with E-state index < -0.39 is 63.9 Å². The van der Waals surface area contributed by atoms with Crippen LogP contribution in [0.25, 0.3) is 0 Å². The zero-order chi connectivity index (χ0) is 34.7. The van der Waals surface area contributed by atoms with Crippen LogP contribution < -0.4 is 21.7 Å². The van der Waals surface area contributed by atoms with Crippen molar-refractivity contribution in [2.75, 3.05) is 19.3 Å². The number of hydrogen-bond donors (Lipinski definition) is 4. The largest absolute Gasteiger partial charge is 0.363 e. The summed E-state index contributed by atoms with van der Waals surface area (Å²) in [4.78, 5) is 82.7. The first-order chi connectivity index (χ1) is 21.2.